The largest absolute Gasteiger partial charge is 0.380 e. The van der Waals surface area contributed by atoms with Crippen LogP contribution in [0.1, 0.15) is 34.1 Å². The molecule has 0 aliphatic rings. The lowest BCUT2D eigenvalue weighted by molar-refractivity contribution is 0.128. The van der Waals surface area contributed by atoms with E-state index in [4.69, 9.17) is 4.74 Å². The summed E-state index contributed by atoms with van der Waals surface area (Å²) in [6, 6.07) is 0. The Morgan fingerprint density at radius 1 is 1.14 bits per heavy atom. The molecular formula is C14H32N4O3S. The number of guanidine groups is 1. The molecule has 3 N–H and O–H groups in total. The monoisotopic (exact) mass is 336 g/mol. The Morgan fingerprint density at radius 2 is 1.86 bits per heavy atom. The van der Waals surface area contributed by atoms with Gasteiger partial charge in [-0.25, -0.2) is 13.1 Å². The van der Waals surface area contributed by atoms with E-state index >= 15 is 0 Å². The highest BCUT2D eigenvalue weighted by atomic mass is 32.2. The fraction of sp³-hybridized carbons (Fsp3) is 0.929. The lowest BCUT2D eigenvalue weighted by atomic mass is 10.1. The maximum atomic E-state index is 11.3. The van der Waals surface area contributed by atoms with Crippen LogP contribution >= 0.6 is 0 Å². The number of nitrogens with zero attached hydrogens (tertiary/aromatic N) is 1. The average Bonchev–Trinajstić information content (AvgIpc) is 2.46. The third-order valence-corrected chi connectivity index (χ3v) is 4.21. The summed E-state index contributed by atoms with van der Waals surface area (Å²) in [4.78, 5) is 4.31. The van der Waals surface area contributed by atoms with Crippen LogP contribution in [0.25, 0.3) is 0 Å². The highest BCUT2D eigenvalue weighted by molar-refractivity contribution is 7.89. The van der Waals surface area contributed by atoms with Gasteiger partial charge in [-0.3, -0.25) is 4.99 Å². The van der Waals surface area contributed by atoms with E-state index in [1.165, 1.54) is 0 Å². The molecule has 0 rings (SSSR count). The van der Waals surface area contributed by atoms with Crippen LogP contribution in [0.2, 0.25) is 0 Å². The Labute approximate surface area is 135 Å². The van der Waals surface area contributed by atoms with Gasteiger partial charge in [0, 0.05) is 26.2 Å². The molecule has 7 nitrogen and oxygen atoms in total. The number of hydrogen-bond acceptors (Lipinski definition) is 4. The summed E-state index contributed by atoms with van der Waals surface area (Å²) in [5, 5.41) is 6.27. The van der Waals surface area contributed by atoms with E-state index in [9.17, 15) is 8.42 Å². The number of sulfonamides is 1. The van der Waals surface area contributed by atoms with Gasteiger partial charge in [0.15, 0.2) is 5.96 Å². The fourth-order valence-electron chi connectivity index (χ4n) is 1.48. The fourth-order valence-corrected chi connectivity index (χ4v) is 2.08. The molecule has 0 fully saturated rings. The maximum absolute atomic E-state index is 11.3. The molecule has 0 saturated carbocycles. The second-order valence-corrected chi connectivity index (χ2v) is 7.38. The van der Waals surface area contributed by atoms with Gasteiger partial charge in [0.2, 0.25) is 10.0 Å². The van der Waals surface area contributed by atoms with Gasteiger partial charge < -0.3 is 15.4 Å². The van der Waals surface area contributed by atoms with Crippen molar-refractivity contribution in [1.82, 2.24) is 15.4 Å². The Hall–Kier alpha value is -0.860. The molecule has 8 heteroatoms. The Balaban J connectivity index is 3.91. The minimum Gasteiger partial charge on any atom is -0.380 e. The van der Waals surface area contributed by atoms with Crippen LogP contribution in [0.15, 0.2) is 4.99 Å². The van der Waals surface area contributed by atoms with Crippen LogP contribution in [0.3, 0.4) is 0 Å². The molecule has 0 unspecified atom stereocenters. The van der Waals surface area contributed by atoms with E-state index in [1.807, 2.05) is 6.92 Å². The quantitative estimate of drug-likeness (QED) is 0.275. The van der Waals surface area contributed by atoms with E-state index in [0.29, 0.717) is 38.1 Å². The zero-order chi connectivity index (χ0) is 16.8. The van der Waals surface area contributed by atoms with Crippen molar-refractivity contribution < 1.29 is 13.2 Å². The van der Waals surface area contributed by atoms with Crippen LogP contribution in [0.4, 0.5) is 0 Å². The molecule has 0 aromatic heterocycles. The van der Waals surface area contributed by atoms with Crippen LogP contribution < -0.4 is 15.4 Å². The number of hydrogen-bond donors (Lipinski definition) is 3. The maximum Gasteiger partial charge on any atom is 0.211 e. The van der Waals surface area contributed by atoms with Gasteiger partial charge in [0.25, 0.3) is 0 Å². The molecule has 0 radical (unpaired) electrons. The summed E-state index contributed by atoms with van der Waals surface area (Å²) in [6.07, 6.45) is 1.06. The van der Waals surface area contributed by atoms with Gasteiger partial charge in [-0.1, -0.05) is 13.8 Å². The number of ether oxygens (including phenoxy) is 1. The minimum atomic E-state index is -3.14. The molecule has 0 aromatic rings. The molecule has 0 aromatic carbocycles. The number of nitrogens with one attached hydrogen (secondary N) is 3. The summed E-state index contributed by atoms with van der Waals surface area (Å²) in [5.41, 5.74) is 0. The van der Waals surface area contributed by atoms with Gasteiger partial charge in [0.1, 0.15) is 0 Å². The third-order valence-electron chi connectivity index (χ3n) is 2.81. The standard InChI is InChI=1S/C14H32N4O3S/c1-5-15-14(16-8-9-18-22(19,20)6-2)17-10-12-21-11-7-13(3)4/h13,18H,5-12H2,1-4H3,(H2,15,16,17). The average molecular weight is 337 g/mol. The van der Waals surface area contributed by atoms with Crippen LogP contribution in [-0.4, -0.2) is 59.5 Å². The van der Waals surface area contributed by atoms with Crippen molar-refractivity contribution in [2.24, 2.45) is 10.9 Å². The van der Waals surface area contributed by atoms with Crippen molar-refractivity contribution in [2.75, 3.05) is 45.1 Å². The summed E-state index contributed by atoms with van der Waals surface area (Å²) in [7, 11) is -3.14. The van der Waals surface area contributed by atoms with Crippen molar-refractivity contribution in [2.45, 2.75) is 34.1 Å². The van der Waals surface area contributed by atoms with Crippen molar-refractivity contribution in [3.8, 4) is 0 Å². The van der Waals surface area contributed by atoms with Gasteiger partial charge >= 0.3 is 0 Å². The SMILES string of the molecule is CCNC(=NCCNS(=O)(=O)CC)NCCOCCC(C)C. The van der Waals surface area contributed by atoms with Gasteiger partial charge in [-0.15, -0.1) is 0 Å². The van der Waals surface area contributed by atoms with E-state index in [1.54, 1.807) is 6.92 Å². The van der Waals surface area contributed by atoms with Crippen molar-refractivity contribution in [3.05, 3.63) is 0 Å². The second kappa shape index (κ2) is 12.7. The highest BCUT2D eigenvalue weighted by Crippen LogP contribution is 1.98. The molecule has 0 aliphatic heterocycles. The first-order valence-corrected chi connectivity index (χ1v) is 9.63. The number of rotatable bonds is 12. The normalized spacial score (nSPS) is 12.7. The van der Waals surface area contributed by atoms with E-state index in [0.717, 1.165) is 19.6 Å². The summed E-state index contributed by atoms with van der Waals surface area (Å²) in [6.45, 7) is 11.4. The molecule has 0 aliphatic carbocycles. The first-order valence-electron chi connectivity index (χ1n) is 7.98. The van der Waals surface area contributed by atoms with Crippen molar-refractivity contribution in [1.29, 1.82) is 0 Å². The zero-order valence-corrected chi connectivity index (χ0v) is 15.1. The Morgan fingerprint density at radius 3 is 2.45 bits per heavy atom. The van der Waals surface area contributed by atoms with Crippen molar-refractivity contribution >= 4 is 16.0 Å². The molecule has 0 saturated heterocycles. The second-order valence-electron chi connectivity index (χ2n) is 5.28. The Kier molecular flexibility index (Phi) is 12.2. The summed E-state index contributed by atoms with van der Waals surface area (Å²) < 4.78 is 30.6. The number of aliphatic imine (C=N–C) groups is 1. The van der Waals surface area contributed by atoms with E-state index in [2.05, 4.69) is 34.2 Å². The van der Waals surface area contributed by atoms with E-state index in [-0.39, 0.29) is 5.75 Å². The lowest BCUT2D eigenvalue weighted by Crippen LogP contribution is -2.39. The van der Waals surface area contributed by atoms with Crippen LogP contribution in [0.5, 0.6) is 0 Å². The van der Waals surface area contributed by atoms with Crippen molar-refractivity contribution in [3.63, 3.8) is 0 Å². The van der Waals surface area contributed by atoms with Gasteiger partial charge in [-0.2, -0.15) is 0 Å². The topological polar surface area (TPSA) is 91.8 Å². The molecular weight excluding hydrogens is 304 g/mol. The molecule has 0 spiro atoms. The first kappa shape index (κ1) is 21.1. The van der Waals surface area contributed by atoms with E-state index < -0.39 is 10.0 Å². The predicted octanol–water partition coefficient (Wildman–Crippen LogP) is 0.544. The molecule has 0 atom stereocenters. The molecule has 132 valence electrons. The highest BCUT2D eigenvalue weighted by Gasteiger charge is 2.04. The minimum absolute atomic E-state index is 0.0861. The summed E-state index contributed by atoms with van der Waals surface area (Å²) >= 11 is 0. The molecule has 0 heterocycles. The van der Waals surface area contributed by atoms with Crippen LogP contribution in [-0.2, 0) is 14.8 Å². The van der Waals surface area contributed by atoms with Crippen LogP contribution in [0, 0.1) is 5.92 Å². The first-order chi connectivity index (χ1) is 10.4. The Bertz CT molecular complexity index is 397. The lowest BCUT2D eigenvalue weighted by Gasteiger charge is -2.12. The van der Waals surface area contributed by atoms with Gasteiger partial charge in [-0.05, 0) is 26.2 Å². The molecule has 0 amide bonds. The van der Waals surface area contributed by atoms with Gasteiger partial charge in [0.05, 0.1) is 18.9 Å². The zero-order valence-electron chi connectivity index (χ0n) is 14.3. The smallest absolute Gasteiger partial charge is 0.211 e. The summed E-state index contributed by atoms with van der Waals surface area (Å²) in [5.74, 6) is 1.41. The molecule has 0 bridgehead atoms. The molecule has 22 heavy (non-hydrogen) atoms. The predicted molar refractivity (Wildman–Crippen MR) is 91.7 cm³/mol. The third kappa shape index (κ3) is 12.8.